The molecule has 0 spiro atoms. The van der Waals surface area contributed by atoms with Crippen molar-refractivity contribution in [3.8, 4) is 0 Å². The lowest BCUT2D eigenvalue weighted by Gasteiger charge is -2.46. The van der Waals surface area contributed by atoms with Crippen LogP contribution in [0.2, 0.25) is 0 Å². The highest BCUT2D eigenvalue weighted by Crippen LogP contribution is 2.45. The van der Waals surface area contributed by atoms with Crippen molar-refractivity contribution in [1.82, 2.24) is 9.47 Å². The van der Waals surface area contributed by atoms with Crippen LogP contribution >= 0.6 is 12.6 Å². The summed E-state index contributed by atoms with van der Waals surface area (Å²) in [6.45, 7) is 7.24. The van der Waals surface area contributed by atoms with Gasteiger partial charge in [-0.1, -0.05) is 26.0 Å². The first-order valence-corrected chi connectivity index (χ1v) is 12.1. The van der Waals surface area contributed by atoms with Crippen molar-refractivity contribution in [2.75, 3.05) is 19.3 Å². The fourth-order valence-electron chi connectivity index (χ4n) is 4.88. The van der Waals surface area contributed by atoms with Crippen LogP contribution in [0.15, 0.2) is 24.4 Å². The molecule has 1 aromatic carbocycles. The van der Waals surface area contributed by atoms with Gasteiger partial charge in [0.25, 0.3) is 10.1 Å². The van der Waals surface area contributed by atoms with Gasteiger partial charge in [-0.3, -0.25) is 9.45 Å². The molecule has 7 heteroatoms. The van der Waals surface area contributed by atoms with E-state index < -0.39 is 10.1 Å². The van der Waals surface area contributed by atoms with Crippen LogP contribution < -0.4 is 0 Å². The molecule has 2 aliphatic rings. The molecule has 1 aliphatic carbocycles. The number of rotatable bonds is 3. The third-order valence-corrected chi connectivity index (χ3v) is 5.95. The van der Waals surface area contributed by atoms with Crippen LogP contribution in [0.25, 0.3) is 10.9 Å². The first kappa shape index (κ1) is 20.7. The Labute approximate surface area is 167 Å². The standard InChI is InChI=1S/C19H26N2S.CH4O3S/c1-3-7-20-10-13(2)8-16-15-5-4-6-17-19(15)14(9-18(16)20)11-21(17)12-22;1-5(2,3)4/h4-6,11,13,16,18,22H,3,7-10,12H2,1-2H3;1H3,(H,2,3,4)/t13-,16-,18-;/m1./s1. The Bertz CT molecular complexity index is 899. The Kier molecular flexibility index (Phi) is 6.25. The minimum Gasteiger partial charge on any atom is -0.338 e. The van der Waals surface area contributed by atoms with Gasteiger partial charge in [-0.05, 0) is 48.9 Å². The summed E-state index contributed by atoms with van der Waals surface area (Å²) in [4.78, 5) is 2.76. The maximum atomic E-state index is 9.19. The molecular weight excluding hydrogens is 380 g/mol. The van der Waals surface area contributed by atoms with E-state index in [1.807, 2.05) is 0 Å². The molecule has 1 N–H and O–H groups in total. The Morgan fingerprint density at radius 3 is 2.67 bits per heavy atom. The van der Waals surface area contributed by atoms with E-state index in [0.717, 1.165) is 11.8 Å². The van der Waals surface area contributed by atoms with Gasteiger partial charge >= 0.3 is 0 Å². The van der Waals surface area contributed by atoms with E-state index in [9.17, 15) is 8.42 Å². The highest BCUT2D eigenvalue weighted by molar-refractivity contribution is 7.85. The highest BCUT2D eigenvalue weighted by atomic mass is 32.2. The lowest BCUT2D eigenvalue weighted by atomic mass is 9.72. The molecule has 150 valence electrons. The van der Waals surface area contributed by atoms with Crippen molar-refractivity contribution in [3.63, 3.8) is 0 Å². The van der Waals surface area contributed by atoms with Crippen LogP contribution in [-0.4, -0.2) is 47.8 Å². The fourth-order valence-corrected chi connectivity index (χ4v) is 5.11. The summed E-state index contributed by atoms with van der Waals surface area (Å²) in [5.41, 5.74) is 4.51. The summed E-state index contributed by atoms with van der Waals surface area (Å²) in [5.74, 6) is 2.28. The Morgan fingerprint density at radius 1 is 1.33 bits per heavy atom. The number of benzene rings is 1. The van der Waals surface area contributed by atoms with Gasteiger partial charge in [0.15, 0.2) is 0 Å². The second-order valence-electron chi connectivity index (χ2n) is 7.95. The van der Waals surface area contributed by atoms with E-state index in [4.69, 9.17) is 4.55 Å². The lowest BCUT2D eigenvalue weighted by Crippen LogP contribution is -2.49. The molecule has 1 fully saturated rings. The average molecular weight is 411 g/mol. The third kappa shape index (κ3) is 4.53. The van der Waals surface area contributed by atoms with Crippen molar-refractivity contribution in [3.05, 3.63) is 35.5 Å². The van der Waals surface area contributed by atoms with E-state index in [1.165, 1.54) is 48.8 Å². The molecule has 5 nitrogen and oxygen atoms in total. The van der Waals surface area contributed by atoms with Gasteiger partial charge in [0, 0.05) is 35.6 Å². The normalized spacial score (nSPS) is 25.0. The van der Waals surface area contributed by atoms with Crippen molar-refractivity contribution >= 4 is 33.6 Å². The molecule has 0 radical (unpaired) electrons. The molecular formula is C20H30N2O3S2. The Hall–Kier alpha value is -1.02. The van der Waals surface area contributed by atoms with E-state index in [-0.39, 0.29) is 0 Å². The molecule has 2 heterocycles. The topological polar surface area (TPSA) is 62.5 Å². The SMILES string of the molecule is CCCN1C[C@H](C)C[C@@H]2c3cccc4c3c(cn4CS)C[C@H]21.CS(=O)(=O)O. The number of hydrogen-bond donors (Lipinski definition) is 2. The van der Waals surface area contributed by atoms with Gasteiger partial charge in [0.05, 0.1) is 12.1 Å². The van der Waals surface area contributed by atoms with Gasteiger partial charge in [-0.2, -0.15) is 21.0 Å². The molecule has 0 bridgehead atoms. The molecule has 3 atom stereocenters. The molecule has 0 amide bonds. The van der Waals surface area contributed by atoms with Crippen molar-refractivity contribution in [1.29, 1.82) is 0 Å². The number of likely N-dealkylation sites (tertiary alicyclic amines) is 1. The number of thiol groups is 1. The van der Waals surface area contributed by atoms with Gasteiger partial charge in [0.2, 0.25) is 0 Å². The number of piperidine rings is 1. The smallest absolute Gasteiger partial charge is 0.261 e. The number of nitrogens with zero attached hydrogens (tertiary/aromatic N) is 2. The maximum absolute atomic E-state index is 9.19. The quantitative estimate of drug-likeness (QED) is 0.597. The van der Waals surface area contributed by atoms with Crippen LogP contribution in [0.4, 0.5) is 0 Å². The van der Waals surface area contributed by atoms with Crippen molar-refractivity contribution in [2.24, 2.45) is 5.92 Å². The van der Waals surface area contributed by atoms with E-state index in [2.05, 4.69) is 60.3 Å². The molecule has 1 aromatic heterocycles. The maximum Gasteiger partial charge on any atom is 0.261 e. The summed E-state index contributed by atoms with van der Waals surface area (Å²) >= 11 is 4.51. The Balaban J connectivity index is 0.000000376. The highest BCUT2D eigenvalue weighted by Gasteiger charge is 2.39. The van der Waals surface area contributed by atoms with Gasteiger partial charge in [-0.15, -0.1) is 0 Å². The Morgan fingerprint density at radius 2 is 2.04 bits per heavy atom. The predicted octanol–water partition coefficient (Wildman–Crippen LogP) is 3.79. The van der Waals surface area contributed by atoms with E-state index in [1.54, 1.807) is 5.56 Å². The average Bonchev–Trinajstić information content (AvgIpc) is 2.94. The molecule has 0 saturated carbocycles. The van der Waals surface area contributed by atoms with Crippen LogP contribution in [0.5, 0.6) is 0 Å². The van der Waals surface area contributed by atoms with Crippen molar-refractivity contribution in [2.45, 2.75) is 50.9 Å². The fraction of sp³-hybridized carbons (Fsp3) is 0.600. The van der Waals surface area contributed by atoms with Crippen molar-refractivity contribution < 1.29 is 13.0 Å². The molecule has 1 aliphatic heterocycles. The second kappa shape index (κ2) is 8.15. The first-order chi connectivity index (χ1) is 12.7. The molecule has 4 rings (SSSR count). The van der Waals surface area contributed by atoms with Gasteiger partial charge < -0.3 is 4.57 Å². The predicted molar refractivity (Wildman–Crippen MR) is 114 cm³/mol. The second-order valence-corrected chi connectivity index (χ2v) is 9.70. The van der Waals surface area contributed by atoms with E-state index in [0.29, 0.717) is 18.2 Å². The number of hydrogen-bond acceptors (Lipinski definition) is 4. The van der Waals surface area contributed by atoms with Crippen LogP contribution in [-0.2, 0) is 22.4 Å². The molecule has 2 aromatic rings. The zero-order valence-electron chi connectivity index (χ0n) is 16.3. The van der Waals surface area contributed by atoms with Crippen LogP contribution in [0.1, 0.15) is 43.7 Å². The summed E-state index contributed by atoms with van der Waals surface area (Å²) in [6, 6.07) is 7.58. The van der Waals surface area contributed by atoms with Gasteiger partial charge in [0.1, 0.15) is 0 Å². The minimum absolute atomic E-state index is 0.699. The molecule has 1 saturated heterocycles. The number of fused-ring (bicyclic) bond motifs is 2. The summed E-state index contributed by atoms with van der Waals surface area (Å²) in [5, 5.41) is 1.53. The molecule has 27 heavy (non-hydrogen) atoms. The third-order valence-electron chi connectivity index (χ3n) is 5.64. The zero-order valence-corrected chi connectivity index (χ0v) is 18.0. The minimum atomic E-state index is -3.67. The van der Waals surface area contributed by atoms with E-state index >= 15 is 0 Å². The first-order valence-electron chi connectivity index (χ1n) is 9.60. The summed E-state index contributed by atoms with van der Waals surface area (Å²) in [6.07, 6.45) is 6.87. The lowest BCUT2D eigenvalue weighted by molar-refractivity contribution is 0.0910. The zero-order chi connectivity index (χ0) is 19.8. The van der Waals surface area contributed by atoms with Crippen LogP contribution in [0, 0.1) is 5.92 Å². The summed E-state index contributed by atoms with van der Waals surface area (Å²) in [7, 11) is -3.67. The summed E-state index contributed by atoms with van der Waals surface area (Å²) < 4.78 is 28.2. The largest absolute Gasteiger partial charge is 0.338 e. The monoisotopic (exact) mass is 410 g/mol. The number of aromatic nitrogens is 1. The van der Waals surface area contributed by atoms with Gasteiger partial charge in [-0.25, -0.2) is 0 Å². The molecule has 0 unspecified atom stereocenters. The van der Waals surface area contributed by atoms with Crippen LogP contribution in [0.3, 0.4) is 0 Å².